The second-order valence-electron chi connectivity index (χ2n) is 8.39. The molecular formula is C26H23NO5S. The van der Waals surface area contributed by atoms with Gasteiger partial charge >= 0.3 is 5.97 Å². The van der Waals surface area contributed by atoms with Crippen molar-refractivity contribution in [1.82, 2.24) is 4.72 Å². The van der Waals surface area contributed by atoms with Gasteiger partial charge in [-0.1, -0.05) is 67.2 Å². The average Bonchev–Trinajstić information content (AvgIpc) is 3.38. The molecule has 0 radical (unpaired) electrons. The smallest absolute Gasteiger partial charge is 0.335 e. The van der Waals surface area contributed by atoms with Crippen molar-refractivity contribution in [2.24, 2.45) is 0 Å². The number of hydrogen-bond donors (Lipinski definition) is 2. The van der Waals surface area contributed by atoms with Crippen molar-refractivity contribution in [2.75, 3.05) is 0 Å². The van der Waals surface area contributed by atoms with Crippen LogP contribution in [0.1, 0.15) is 29.9 Å². The SMILES string of the molecule is C=C(C(=O)O)c1cccc2c1OC1CCC(NS(=O)(=O)c3ccc(-c4ccccc4)cc3)C21. The van der Waals surface area contributed by atoms with Gasteiger partial charge in [-0.15, -0.1) is 0 Å². The number of fused-ring (bicyclic) bond motifs is 3. The second-order valence-corrected chi connectivity index (χ2v) is 10.1. The van der Waals surface area contributed by atoms with Crippen LogP contribution in [0.2, 0.25) is 0 Å². The Balaban J connectivity index is 1.39. The summed E-state index contributed by atoms with van der Waals surface area (Å²) in [4.78, 5) is 11.6. The number of hydrogen-bond acceptors (Lipinski definition) is 4. The lowest BCUT2D eigenvalue weighted by molar-refractivity contribution is -0.130. The molecule has 2 N–H and O–H groups in total. The third kappa shape index (κ3) is 3.83. The van der Waals surface area contributed by atoms with Crippen LogP contribution in [-0.4, -0.2) is 31.6 Å². The second kappa shape index (κ2) is 8.17. The van der Waals surface area contributed by atoms with E-state index in [9.17, 15) is 18.3 Å². The van der Waals surface area contributed by atoms with Crippen molar-refractivity contribution in [3.63, 3.8) is 0 Å². The van der Waals surface area contributed by atoms with Crippen LogP contribution in [0.5, 0.6) is 5.75 Å². The van der Waals surface area contributed by atoms with Gasteiger partial charge in [0.15, 0.2) is 0 Å². The number of nitrogens with one attached hydrogen (secondary N) is 1. The minimum atomic E-state index is -3.74. The summed E-state index contributed by atoms with van der Waals surface area (Å²) >= 11 is 0. The standard InChI is InChI=1S/C26H23NO5S/c1-16(26(28)29)20-8-5-9-21-24-22(14-15-23(24)32-25(20)21)27-33(30,31)19-12-10-18(11-13-19)17-6-3-2-4-7-17/h2-13,22-24,27H,1,14-15H2,(H,28,29). The van der Waals surface area contributed by atoms with E-state index in [2.05, 4.69) is 11.3 Å². The van der Waals surface area contributed by atoms with E-state index in [4.69, 9.17) is 4.74 Å². The van der Waals surface area contributed by atoms with E-state index in [1.165, 1.54) is 0 Å². The fraction of sp³-hybridized carbons (Fsp3) is 0.192. The van der Waals surface area contributed by atoms with E-state index in [1.54, 1.807) is 36.4 Å². The molecule has 1 saturated carbocycles. The lowest BCUT2D eigenvalue weighted by Gasteiger charge is -2.20. The molecule has 1 fully saturated rings. The van der Waals surface area contributed by atoms with Crippen LogP contribution < -0.4 is 9.46 Å². The molecule has 6 nitrogen and oxygen atoms in total. The summed E-state index contributed by atoms with van der Waals surface area (Å²) in [6.45, 7) is 3.65. The Morgan fingerprint density at radius 1 is 0.939 bits per heavy atom. The quantitative estimate of drug-likeness (QED) is 0.530. The molecule has 33 heavy (non-hydrogen) atoms. The van der Waals surface area contributed by atoms with E-state index in [0.29, 0.717) is 24.2 Å². The molecule has 3 unspecified atom stereocenters. The largest absolute Gasteiger partial charge is 0.489 e. The topological polar surface area (TPSA) is 92.7 Å². The Morgan fingerprint density at radius 3 is 2.33 bits per heavy atom. The molecule has 0 spiro atoms. The highest BCUT2D eigenvalue weighted by Crippen LogP contribution is 2.49. The van der Waals surface area contributed by atoms with Crippen molar-refractivity contribution in [2.45, 2.75) is 35.8 Å². The zero-order valence-electron chi connectivity index (χ0n) is 17.8. The fourth-order valence-corrected chi connectivity index (χ4v) is 6.11. The first-order valence-corrected chi connectivity index (χ1v) is 12.2. The number of rotatable bonds is 6. The molecule has 1 aliphatic carbocycles. The molecule has 1 aliphatic heterocycles. The van der Waals surface area contributed by atoms with Crippen LogP contribution in [0.4, 0.5) is 0 Å². The first-order valence-electron chi connectivity index (χ1n) is 10.7. The monoisotopic (exact) mass is 461 g/mol. The van der Waals surface area contributed by atoms with Crippen molar-refractivity contribution < 1.29 is 23.1 Å². The first-order chi connectivity index (χ1) is 15.8. The predicted molar refractivity (Wildman–Crippen MR) is 125 cm³/mol. The normalized spacial score (nSPS) is 21.2. The number of carboxylic acids is 1. The van der Waals surface area contributed by atoms with Crippen LogP contribution >= 0.6 is 0 Å². The average molecular weight is 462 g/mol. The van der Waals surface area contributed by atoms with Crippen molar-refractivity contribution >= 4 is 21.6 Å². The number of benzene rings is 3. The lowest BCUT2D eigenvalue weighted by Crippen LogP contribution is -2.37. The van der Waals surface area contributed by atoms with Gasteiger partial charge in [-0.3, -0.25) is 0 Å². The molecule has 1 heterocycles. The zero-order chi connectivity index (χ0) is 23.2. The number of aliphatic carboxylic acids is 1. The summed E-state index contributed by atoms with van der Waals surface area (Å²) in [7, 11) is -3.74. The van der Waals surface area contributed by atoms with Gasteiger partial charge in [-0.25, -0.2) is 17.9 Å². The molecule has 2 aliphatic rings. The number of sulfonamides is 1. The summed E-state index contributed by atoms with van der Waals surface area (Å²) in [6.07, 6.45) is 1.12. The third-order valence-corrected chi connectivity index (χ3v) is 7.94. The highest BCUT2D eigenvalue weighted by Gasteiger charge is 2.47. The molecule has 7 heteroatoms. The van der Waals surface area contributed by atoms with E-state index >= 15 is 0 Å². The summed E-state index contributed by atoms with van der Waals surface area (Å²) in [6, 6.07) is 21.6. The molecule has 3 aromatic carbocycles. The lowest BCUT2D eigenvalue weighted by atomic mass is 9.92. The van der Waals surface area contributed by atoms with Gasteiger partial charge in [-0.05, 0) is 36.1 Å². The maximum absolute atomic E-state index is 13.2. The van der Waals surface area contributed by atoms with Crippen LogP contribution in [0.25, 0.3) is 16.7 Å². The molecular weight excluding hydrogens is 438 g/mol. The first kappa shape index (κ1) is 21.4. The summed E-state index contributed by atoms with van der Waals surface area (Å²) in [5, 5.41) is 9.35. The molecule has 3 atom stereocenters. The van der Waals surface area contributed by atoms with Gasteiger partial charge in [0.25, 0.3) is 0 Å². The Morgan fingerprint density at radius 2 is 1.64 bits per heavy atom. The van der Waals surface area contributed by atoms with Crippen LogP contribution in [0.15, 0.2) is 84.3 Å². The van der Waals surface area contributed by atoms with Crippen molar-refractivity contribution in [1.29, 1.82) is 0 Å². The summed E-state index contributed by atoms with van der Waals surface area (Å²) in [5.74, 6) is -0.795. The van der Waals surface area contributed by atoms with Crippen LogP contribution in [0.3, 0.4) is 0 Å². The fourth-order valence-electron chi connectivity index (χ4n) is 4.82. The number of carboxylic acid groups (broad SMARTS) is 1. The van der Waals surface area contributed by atoms with Gasteiger partial charge < -0.3 is 9.84 Å². The van der Waals surface area contributed by atoms with E-state index in [1.807, 2.05) is 36.4 Å². The highest BCUT2D eigenvalue weighted by atomic mass is 32.2. The van der Waals surface area contributed by atoms with Crippen molar-refractivity contribution in [3.8, 4) is 16.9 Å². The van der Waals surface area contributed by atoms with Crippen LogP contribution in [-0.2, 0) is 14.8 Å². The summed E-state index contributed by atoms with van der Waals surface area (Å²) < 4.78 is 35.3. The molecule has 0 amide bonds. The van der Waals surface area contributed by atoms with E-state index in [0.717, 1.165) is 16.7 Å². The zero-order valence-corrected chi connectivity index (χ0v) is 18.6. The molecule has 3 aromatic rings. The van der Waals surface area contributed by atoms with Gasteiger partial charge in [-0.2, -0.15) is 0 Å². The maximum Gasteiger partial charge on any atom is 0.335 e. The maximum atomic E-state index is 13.2. The molecule has 168 valence electrons. The Labute approximate surface area is 192 Å². The molecule has 0 bridgehead atoms. The van der Waals surface area contributed by atoms with Gasteiger partial charge in [0, 0.05) is 23.1 Å². The number of para-hydroxylation sites is 1. The Kier molecular flexibility index (Phi) is 5.31. The minimum absolute atomic E-state index is 0.0394. The number of ether oxygens (including phenoxy) is 1. The van der Waals surface area contributed by atoms with Crippen molar-refractivity contribution in [3.05, 3.63) is 90.5 Å². The van der Waals surface area contributed by atoms with E-state index in [-0.39, 0.29) is 28.5 Å². The third-order valence-electron chi connectivity index (χ3n) is 6.43. The molecule has 0 saturated heterocycles. The van der Waals surface area contributed by atoms with Gasteiger partial charge in [0.2, 0.25) is 10.0 Å². The predicted octanol–water partition coefficient (Wildman–Crippen LogP) is 4.44. The minimum Gasteiger partial charge on any atom is -0.489 e. The van der Waals surface area contributed by atoms with Gasteiger partial charge in [0.1, 0.15) is 11.9 Å². The molecule has 0 aromatic heterocycles. The van der Waals surface area contributed by atoms with Gasteiger partial charge in [0.05, 0.1) is 10.5 Å². The highest BCUT2D eigenvalue weighted by molar-refractivity contribution is 7.89. The Hall–Kier alpha value is -3.42. The Bertz CT molecular complexity index is 1330. The van der Waals surface area contributed by atoms with E-state index < -0.39 is 16.0 Å². The summed E-state index contributed by atoms with van der Waals surface area (Å²) in [5.41, 5.74) is 3.19. The van der Waals surface area contributed by atoms with Crippen LogP contribution in [0, 0.1) is 0 Å². The number of carbonyl (C=O) groups is 1. The molecule has 5 rings (SSSR count).